The van der Waals surface area contributed by atoms with Crippen LogP contribution >= 0.6 is 11.3 Å². The molecular formula is C11H11NOS. The lowest BCUT2D eigenvalue weighted by Crippen LogP contribution is -1.89. The van der Waals surface area contributed by atoms with E-state index in [2.05, 4.69) is 24.0 Å². The third kappa shape index (κ3) is 1.93. The quantitative estimate of drug-likeness (QED) is 0.817. The minimum absolute atomic E-state index is 0.124. The van der Waals surface area contributed by atoms with Gasteiger partial charge in [-0.25, -0.2) is 4.98 Å². The zero-order valence-electron chi connectivity index (χ0n) is 7.90. The van der Waals surface area contributed by atoms with E-state index in [0.717, 1.165) is 11.4 Å². The second-order valence-electron chi connectivity index (χ2n) is 3.20. The molecule has 0 atom stereocenters. The number of aromatic hydroxyl groups is 1. The summed E-state index contributed by atoms with van der Waals surface area (Å²) in [5.41, 5.74) is 2.53. The second-order valence-corrected chi connectivity index (χ2v) is 4.15. The van der Waals surface area contributed by atoms with E-state index in [9.17, 15) is 0 Å². The third-order valence-corrected chi connectivity index (χ3v) is 2.98. The molecule has 2 nitrogen and oxygen atoms in total. The molecule has 0 saturated carbocycles. The summed E-state index contributed by atoms with van der Waals surface area (Å²) in [6.07, 6.45) is 0.803. The summed E-state index contributed by atoms with van der Waals surface area (Å²) in [6.45, 7) is 2.09. The Morgan fingerprint density at radius 3 is 2.79 bits per heavy atom. The molecule has 0 aliphatic carbocycles. The van der Waals surface area contributed by atoms with Gasteiger partial charge in [0.25, 0.3) is 0 Å². The Hall–Kier alpha value is -1.35. The van der Waals surface area contributed by atoms with Crippen LogP contribution in [0.25, 0.3) is 0 Å². The summed E-state index contributed by atoms with van der Waals surface area (Å²) in [7, 11) is 0. The minimum Gasteiger partial charge on any atom is -0.493 e. The van der Waals surface area contributed by atoms with Gasteiger partial charge in [-0.15, -0.1) is 11.3 Å². The fourth-order valence-electron chi connectivity index (χ4n) is 1.35. The number of aromatic nitrogens is 1. The summed E-state index contributed by atoms with van der Waals surface area (Å²) >= 11 is 1.49. The largest absolute Gasteiger partial charge is 0.493 e. The highest BCUT2D eigenvalue weighted by molar-refractivity contribution is 7.09. The van der Waals surface area contributed by atoms with Gasteiger partial charge in [-0.05, 0) is 18.1 Å². The van der Waals surface area contributed by atoms with Crippen molar-refractivity contribution >= 4 is 11.3 Å². The molecule has 2 aromatic rings. The van der Waals surface area contributed by atoms with Crippen molar-refractivity contribution in [3.63, 3.8) is 0 Å². The van der Waals surface area contributed by atoms with Gasteiger partial charge in [-0.2, -0.15) is 0 Å². The molecule has 0 amide bonds. The normalized spacial score (nSPS) is 10.4. The van der Waals surface area contributed by atoms with Crippen LogP contribution in [0.15, 0.2) is 29.6 Å². The highest BCUT2D eigenvalue weighted by Crippen LogP contribution is 2.19. The van der Waals surface area contributed by atoms with Gasteiger partial charge in [0.1, 0.15) is 5.01 Å². The SMILES string of the molecule is Cc1ccccc1Cc1nc(O)cs1. The van der Waals surface area contributed by atoms with E-state index in [1.165, 1.54) is 22.5 Å². The Labute approximate surface area is 86.9 Å². The first-order valence-corrected chi connectivity index (χ1v) is 5.31. The van der Waals surface area contributed by atoms with Crippen LogP contribution in [0.1, 0.15) is 16.1 Å². The number of hydrogen-bond acceptors (Lipinski definition) is 3. The number of nitrogens with zero attached hydrogens (tertiary/aromatic N) is 1. The maximum absolute atomic E-state index is 9.10. The standard InChI is InChI=1S/C11H11NOS/c1-8-4-2-3-5-9(8)6-11-12-10(13)7-14-11/h2-5,7,13H,6H2,1H3. The van der Waals surface area contributed by atoms with Crippen molar-refractivity contribution in [2.24, 2.45) is 0 Å². The predicted octanol–water partition coefficient (Wildman–Crippen LogP) is 2.75. The lowest BCUT2D eigenvalue weighted by Gasteiger charge is -2.01. The minimum atomic E-state index is 0.124. The van der Waals surface area contributed by atoms with Gasteiger partial charge in [0.15, 0.2) is 0 Å². The van der Waals surface area contributed by atoms with Crippen molar-refractivity contribution in [2.45, 2.75) is 13.3 Å². The van der Waals surface area contributed by atoms with Crippen molar-refractivity contribution < 1.29 is 5.11 Å². The van der Waals surface area contributed by atoms with Gasteiger partial charge < -0.3 is 5.11 Å². The number of thiazole rings is 1. The van der Waals surface area contributed by atoms with Crippen molar-refractivity contribution in [1.82, 2.24) is 4.98 Å². The first-order valence-electron chi connectivity index (χ1n) is 4.43. The Kier molecular flexibility index (Phi) is 2.50. The fourth-order valence-corrected chi connectivity index (χ4v) is 2.03. The Bertz CT molecular complexity index is 436. The highest BCUT2D eigenvalue weighted by atomic mass is 32.1. The second kappa shape index (κ2) is 3.80. The van der Waals surface area contributed by atoms with E-state index in [1.807, 2.05) is 12.1 Å². The first kappa shape index (κ1) is 9.21. The van der Waals surface area contributed by atoms with Crippen LogP contribution in [0.3, 0.4) is 0 Å². The lowest BCUT2D eigenvalue weighted by molar-refractivity contribution is 0.456. The van der Waals surface area contributed by atoms with Gasteiger partial charge in [-0.3, -0.25) is 0 Å². The molecular weight excluding hydrogens is 194 g/mol. The van der Waals surface area contributed by atoms with Crippen LogP contribution in [-0.2, 0) is 6.42 Å². The predicted molar refractivity (Wildman–Crippen MR) is 57.8 cm³/mol. The molecule has 1 aromatic carbocycles. The van der Waals surface area contributed by atoms with E-state index >= 15 is 0 Å². The van der Waals surface area contributed by atoms with Crippen LogP contribution in [0.2, 0.25) is 0 Å². The van der Waals surface area contributed by atoms with E-state index < -0.39 is 0 Å². The first-order chi connectivity index (χ1) is 6.75. The van der Waals surface area contributed by atoms with E-state index in [4.69, 9.17) is 5.11 Å². The molecule has 0 radical (unpaired) electrons. The molecule has 1 heterocycles. The summed E-state index contributed by atoms with van der Waals surface area (Å²) in [5, 5.41) is 11.7. The van der Waals surface area contributed by atoms with Crippen molar-refractivity contribution in [3.8, 4) is 5.88 Å². The molecule has 0 spiro atoms. The van der Waals surface area contributed by atoms with Crippen molar-refractivity contribution in [1.29, 1.82) is 0 Å². The molecule has 0 aliphatic heterocycles. The Morgan fingerprint density at radius 1 is 1.36 bits per heavy atom. The molecule has 0 saturated heterocycles. The number of rotatable bonds is 2. The number of aryl methyl sites for hydroxylation is 1. The molecule has 1 N–H and O–H groups in total. The molecule has 0 fully saturated rings. The van der Waals surface area contributed by atoms with Gasteiger partial charge in [0, 0.05) is 6.42 Å². The van der Waals surface area contributed by atoms with Crippen LogP contribution in [0.4, 0.5) is 0 Å². The maximum atomic E-state index is 9.10. The number of benzene rings is 1. The average molecular weight is 205 g/mol. The van der Waals surface area contributed by atoms with Gasteiger partial charge in [0.05, 0.1) is 5.38 Å². The highest BCUT2D eigenvalue weighted by Gasteiger charge is 2.03. The van der Waals surface area contributed by atoms with Crippen LogP contribution < -0.4 is 0 Å². The zero-order valence-corrected chi connectivity index (χ0v) is 8.71. The molecule has 72 valence electrons. The smallest absolute Gasteiger partial charge is 0.222 e. The van der Waals surface area contributed by atoms with E-state index in [1.54, 1.807) is 5.38 Å². The molecule has 0 bridgehead atoms. The van der Waals surface area contributed by atoms with Gasteiger partial charge in [0.2, 0.25) is 5.88 Å². The summed E-state index contributed by atoms with van der Waals surface area (Å²) in [5.74, 6) is 0.124. The Balaban J connectivity index is 2.23. The van der Waals surface area contributed by atoms with Gasteiger partial charge in [-0.1, -0.05) is 24.3 Å². The molecule has 0 aliphatic rings. The summed E-state index contributed by atoms with van der Waals surface area (Å²) < 4.78 is 0. The van der Waals surface area contributed by atoms with Crippen LogP contribution in [0.5, 0.6) is 5.88 Å². The molecule has 3 heteroatoms. The average Bonchev–Trinajstić information content (AvgIpc) is 2.56. The maximum Gasteiger partial charge on any atom is 0.222 e. The van der Waals surface area contributed by atoms with Gasteiger partial charge >= 0.3 is 0 Å². The van der Waals surface area contributed by atoms with E-state index in [-0.39, 0.29) is 5.88 Å². The van der Waals surface area contributed by atoms with Crippen molar-refractivity contribution in [2.75, 3.05) is 0 Å². The monoisotopic (exact) mass is 205 g/mol. The number of hydrogen-bond donors (Lipinski definition) is 1. The molecule has 0 unspecified atom stereocenters. The third-order valence-electron chi connectivity index (χ3n) is 2.14. The topological polar surface area (TPSA) is 33.1 Å². The van der Waals surface area contributed by atoms with Crippen molar-refractivity contribution in [3.05, 3.63) is 45.8 Å². The molecule has 1 aromatic heterocycles. The van der Waals surface area contributed by atoms with E-state index in [0.29, 0.717) is 0 Å². The molecule has 14 heavy (non-hydrogen) atoms. The fraction of sp³-hybridized carbons (Fsp3) is 0.182. The summed E-state index contributed by atoms with van der Waals surface area (Å²) in [4.78, 5) is 4.02. The summed E-state index contributed by atoms with van der Waals surface area (Å²) in [6, 6.07) is 8.23. The van der Waals surface area contributed by atoms with Crippen LogP contribution in [-0.4, -0.2) is 10.1 Å². The van der Waals surface area contributed by atoms with Crippen LogP contribution in [0, 0.1) is 6.92 Å². The zero-order chi connectivity index (χ0) is 9.97. The lowest BCUT2D eigenvalue weighted by atomic mass is 10.1. The molecule has 2 rings (SSSR count). The Morgan fingerprint density at radius 2 is 2.14 bits per heavy atom.